The van der Waals surface area contributed by atoms with Crippen LogP contribution in [0.1, 0.15) is 0 Å². The molecule has 0 N–H and O–H groups in total. The maximum absolute atomic E-state index is 10.3. The van der Waals surface area contributed by atoms with E-state index in [1.807, 2.05) is 0 Å². The molecule has 0 spiro atoms. The predicted octanol–water partition coefficient (Wildman–Crippen LogP) is 0.111. The largest absolute Gasteiger partial charge is 0.229 e. The molecule has 0 aliphatic carbocycles. The first-order chi connectivity index (χ1) is 4.06. The Bertz CT molecular complexity index is 232. The molecule has 4 heteroatoms. The molecule has 0 aliphatic heterocycles. The van der Waals surface area contributed by atoms with Crippen LogP contribution in [-0.4, -0.2) is 20.4 Å². The van der Waals surface area contributed by atoms with Gasteiger partial charge in [-0.2, -0.15) is 5.26 Å². The van der Waals surface area contributed by atoms with E-state index < -0.39 is 9.84 Å². The van der Waals surface area contributed by atoms with Gasteiger partial charge >= 0.3 is 0 Å². The molecule has 0 aromatic heterocycles. The topological polar surface area (TPSA) is 57.9 Å². The Hall–Kier alpha value is -0.820. The summed E-state index contributed by atoms with van der Waals surface area (Å²) in [4.78, 5) is 0. The lowest BCUT2D eigenvalue weighted by atomic mass is 10.6. The number of hydrogen-bond donors (Lipinski definition) is 0. The molecule has 0 atom stereocenters. The Labute approximate surface area is 54.5 Å². The van der Waals surface area contributed by atoms with Crippen LogP contribution in [0.3, 0.4) is 0 Å². The normalized spacial score (nSPS) is 11.6. The Morgan fingerprint density at radius 1 is 1.67 bits per heavy atom. The van der Waals surface area contributed by atoms with Gasteiger partial charge in [-0.1, -0.05) is 6.08 Å². The van der Waals surface area contributed by atoms with Crippen LogP contribution >= 0.6 is 0 Å². The van der Waals surface area contributed by atoms with Gasteiger partial charge in [-0.15, -0.1) is 0 Å². The zero-order valence-corrected chi connectivity index (χ0v) is 5.85. The molecule has 0 aliphatic rings. The average Bonchev–Trinajstić information content (AvgIpc) is 1.63. The minimum Gasteiger partial charge on any atom is -0.229 e. The third kappa shape index (κ3) is 7.18. The molecule has 0 heterocycles. The SMILES string of the molecule is CS(=O)(=O)C/C=C\C#N. The van der Waals surface area contributed by atoms with Gasteiger partial charge in [0.1, 0.15) is 0 Å². The summed E-state index contributed by atoms with van der Waals surface area (Å²) < 4.78 is 20.7. The molecule has 0 saturated heterocycles. The van der Waals surface area contributed by atoms with Gasteiger partial charge < -0.3 is 0 Å². The molecular weight excluding hydrogens is 138 g/mol. The van der Waals surface area contributed by atoms with Crippen molar-refractivity contribution in [3.63, 3.8) is 0 Å². The van der Waals surface area contributed by atoms with Crippen LogP contribution < -0.4 is 0 Å². The van der Waals surface area contributed by atoms with Gasteiger partial charge in [0, 0.05) is 12.3 Å². The standard InChI is InChI=1S/C5H7NO2S/c1-9(7,8)5-3-2-4-6/h2-3H,5H2,1H3/b3-2-. The molecule has 0 amide bonds. The highest BCUT2D eigenvalue weighted by atomic mass is 32.2. The molecule has 0 aromatic carbocycles. The lowest BCUT2D eigenvalue weighted by Crippen LogP contribution is -1.98. The van der Waals surface area contributed by atoms with Crippen molar-refractivity contribution in [2.75, 3.05) is 12.0 Å². The summed E-state index contributed by atoms with van der Waals surface area (Å²) in [5.41, 5.74) is 0. The van der Waals surface area contributed by atoms with E-state index in [-0.39, 0.29) is 5.75 Å². The van der Waals surface area contributed by atoms with Crippen LogP contribution in [0.5, 0.6) is 0 Å². The van der Waals surface area contributed by atoms with Crippen LogP contribution in [-0.2, 0) is 9.84 Å². The first-order valence-electron chi connectivity index (χ1n) is 2.28. The van der Waals surface area contributed by atoms with Crippen LogP contribution in [0.15, 0.2) is 12.2 Å². The first-order valence-corrected chi connectivity index (χ1v) is 4.34. The van der Waals surface area contributed by atoms with E-state index in [1.165, 1.54) is 6.08 Å². The summed E-state index contributed by atoms with van der Waals surface area (Å²) in [5, 5.41) is 7.93. The summed E-state index contributed by atoms with van der Waals surface area (Å²) in [7, 11) is -2.93. The molecule has 0 bridgehead atoms. The van der Waals surface area contributed by atoms with Gasteiger partial charge in [-0.05, 0) is 0 Å². The van der Waals surface area contributed by atoms with E-state index in [4.69, 9.17) is 5.26 Å². The van der Waals surface area contributed by atoms with Crippen molar-refractivity contribution < 1.29 is 8.42 Å². The summed E-state index contributed by atoms with van der Waals surface area (Å²) in [6, 6.07) is 1.70. The Morgan fingerprint density at radius 3 is 2.56 bits per heavy atom. The van der Waals surface area contributed by atoms with E-state index in [2.05, 4.69) is 0 Å². The molecule has 50 valence electrons. The molecule has 9 heavy (non-hydrogen) atoms. The molecule has 0 saturated carbocycles. The minimum atomic E-state index is -2.93. The van der Waals surface area contributed by atoms with Gasteiger partial charge in [0.25, 0.3) is 0 Å². The van der Waals surface area contributed by atoms with Crippen molar-refractivity contribution in [2.24, 2.45) is 0 Å². The monoisotopic (exact) mass is 145 g/mol. The molecule has 0 fully saturated rings. The van der Waals surface area contributed by atoms with Crippen molar-refractivity contribution in [1.82, 2.24) is 0 Å². The molecule has 0 unspecified atom stereocenters. The number of rotatable bonds is 2. The van der Waals surface area contributed by atoms with E-state index in [0.29, 0.717) is 0 Å². The van der Waals surface area contributed by atoms with Crippen molar-refractivity contribution >= 4 is 9.84 Å². The number of allylic oxidation sites excluding steroid dienone is 1. The van der Waals surface area contributed by atoms with Crippen LogP contribution in [0.4, 0.5) is 0 Å². The third-order valence-electron chi connectivity index (χ3n) is 0.591. The molecule has 0 rings (SSSR count). The van der Waals surface area contributed by atoms with Crippen LogP contribution in [0.25, 0.3) is 0 Å². The summed E-state index contributed by atoms with van der Waals surface area (Å²) in [6.07, 6.45) is 3.59. The second-order valence-electron chi connectivity index (χ2n) is 1.62. The lowest BCUT2D eigenvalue weighted by Gasteiger charge is -1.84. The third-order valence-corrected chi connectivity index (χ3v) is 1.39. The van der Waals surface area contributed by atoms with Crippen LogP contribution in [0, 0.1) is 11.3 Å². The van der Waals surface area contributed by atoms with Gasteiger partial charge in [0.2, 0.25) is 0 Å². The van der Waals surface area contributed by atoms with E-state index in [1.54, 1.807) is 6.07 Å². The zero-order valence-electron chi connectivity index (χ0n) is 5.03. The quantitative estimate of drug-likeness (QED) is 0.518. The number of hydrogen-bond acceptors (Lipinski definition) is 3. The lowest BCUT2D eigenvalue weighted by molar-refractivity contribution is 0.604. The van der Waals surface area contributed by atoms with E-state index in [9.17, 15) is 8.42 Å². The van der Waals surface area contributed by atoms with Gasteiger partial charge in [0.15, 0.2) is 9.84 Å². The maximum atomic E-state index is 10.3. The summed E-state index contributed by atoms with van der Waals surface area (Å²) in [6.45, 7) is 0. The Morgan fingerprint density at radius 2 is 2.22 bits per heavy atom. The van der Waals surface area contributed by atoms with E-state index >= 15 is 0 Å². The van der Waals surface area contributed by atoms with E-state index in [0.717, 1.165) is 12.3 Å². The average molecular weight is 145 g/mol. The number of sulfone groups is 1. The first kappa shape index (κ1) is 8.18. The smallest absolute Gasteiger partial charge is 0.151 e. The van der Waals surface area contributed by atoms with Gasteiger partial charge in [0.05, 0.1) is 11.8 Å². The fourth-order valence-electron chi connectivity index (χ4n) is 0.276. The molecular formula is C5H7NO2S. The Kier molecular flexibility index (Phi) is 2.96. The highest BCUT2D eigenvalue weighted by molar-refractivity contribution is 7.90. The van der Waals surface area contributed by atoms with Crippen LogP contribution in [0.2, 0.25) is 0 Å². The minimum absolute atomic E-state index is 0.0550. The predicted molar refractivity (Wildman–Crippen MR) is 34.5 cm³/mol. The summed E-state index contributed by atoms with van der Waals surface area (Å²) in [5.74, 6) is -0.0550. The number of nitriles is 1. The van der Waals surface area contributed by atoms with Gasteiger partial charge in [-0.3, -0.25) is 0 Å². The molecule has 0 radical (unpaired) electrons. The highest BCUT2D eigenvalue weighted by Gasteiger charge is 1.94. The number of nitrogens with zero attached hydrogens (tertiary/aromatic N) is 1. The fourth-order valence-corrected chi connectivity index (χ4v) is 0.721. The highest BCUT2D eigenvalue weighted by Crippen LogP contribution is 1.82. The zero-order chi connectivity index (χ0) is 7.33. The van der Waals surface area contributed by atoms with Crippen molar-refractivity contribution in [3.05, 3.63) is 12.2 Å². The van der Waals surface area contributed by atoms with Crippen molar-refractivity contribution in [2.45, 2.75) is 0 Å². The van der Waals surface area contributed by atoms with Crippen molar-refractivity contribution in [3.8, 4) is 6.07 Å². The second-order valence-corrected chi connectivity index (χ2v) is 3.81. The molecule has 3 nitrogen and oxygen atoms in total. The summed E-state index contributed by atoms with van der Waals surface area (Å²) >= 11 is 0. The molecule has 0 aromatic rings. The van der Waals surface area contributed by atoms with Gasteiger partial charge in [-0.25, -0.2) is 8.42 Å². The maximum Gasteiger partial charge on any atom is 0.151 e. The Balaban J connectivity index is 3.83. The second kappa shape index (κ2) is 3.25. The fraction of sp³-hybridized carbons (Fsp3) is 0.400. The van der Waals surface area contributed by atoms with Crippen molar-refractivity contribution in [1.29, 1.82) is 5.26 Å².